The average molecular weight is 232 g/mol. The molecule has 4 heteroatoms. The molecule has 0 amide bonds. The number of carboxylic acid groups (broad SMARTS) is 1. The minimum absolute atomic E-state index is 0.156. The van der Waals surface area contributed by atoms with Crippen molar-refractivity contribution < 1.29 is 19.4 Å². The second kappa shape index (κ2) is 3.73. The van der Waals surface area contributed by atoms with E-state index in [0.717, 1.165) is 0 Å². The van der Waals surface area contributed by atoms with E-state index in [2.05, 4.69) is 0 Å². The van der Waals surface area contributed by atoms with E-state index in [0.29, 0.717) is 5.56 Å². The molecule has 0 spiro atoms. The summed E-state index contributed by atoms with van der Waals surface area (Å²) < 4.78 is 5.35. The monoisotopic (exact) mass is 232 g/mol. The van der Waals surface area contributed by atoms with Crippen molar-refractivity contribution in [3.8, 4) is 0 Å². The molecule has 1 aromatic rings. The molecule has 1 atom stereocenters. The summed E-state index contributed by atoms with van der Waals surface area (Å²) in [6.45, 7) is 3.06. The van der Waals surface area contributed by atoms with Crippen LogP contribution in [-0.4, -0.2) is 16.9 Å². The van der Waals surface area contributed by atoms with Crippen LogP contribution in [0.4, 0.5) is 0 Å². The lowest BCUT2D eigenvalue weighted by Gasteiger charge is -2.23. The number of benzene rings is 1. The van der Waals surface area contributed by atoms with E-state index in [1.165, 1.54) is 6.92 Å². The van der Waals surface area contributed by atoms with Gasteiger partial charge in [-0.3, -0.25) is 4.79 Å². The minimum Gasteiger partial charge on any atom is -0.475 e. The molecule has 0 aromatic heterocycles. The lowest BCUT2D eigenvalue weighted by atomic mass is 9.90. The first-order valence-corrected chi connectivity index (χ1v) is 5.20. The van der Waals surface area contributed by atoms with Gasteiger partial charge in [-0.2, -0.15) is 0 Å². The fourth-order valence-electron chi connectivity index (χ4n) is 1.94. The van der Waals surface area contributed by atoms with Gasteiger partial charge in [-0.05, 0) is 13.8 Å². The van der Waals surface area contributed by atoms with Crippen LogP contribution in [0.25, 0.3) is 0 Å². The molecule has 2 rings (SSSR count). The van der Waals surface area contributed by atoms with Gasteiger partial charge in [0.2, 0.25) is 11.5 Å². The summed E-state index contributed by atoms with van der Waals surface area (Å²) in [6, 6.07) is 8.88. The van der Waals surface area contributed by atoms with Gasteiger partial charge in [0.1, 0.15) is 0 Å². The first-order valence-electron chi connectivity index (χ1n) is 5.20. The smallest absolute Gasteiger partial charge is 0.371 e. The first kappa shape index (κ1) is 11.4. The molecule has 1 unspecified atom stereocenters. The fraction of sp³-hybridized carbons (Fsp3) is 0.231. The van der Waals surface area contributed by atoms with Crippen molar-refractivity contribution >= 4 is 11.8 Å². The van der Waals surface area contributed by atoms with Crippen LogP contribution in [-0.2, 0) is 19.9 Å². The minimum atomic E-state index is -1.22. The molecule has 4 nitrogen and oxygen atoms in total. The molecule has 1 heterocycles. The number of Topliss-reactive ketones (excluding diaryl/α,β-unsaturated/α-hetero) is 1. The molecule has 17 heavy (non-hydrogen) atoms. The Morgan fingerprint density at radius 1 is 1.29 bits per heavy atom. The Hall–Kier alpha value is -2.10. The highest BCUT2D eigenvalue weighted by atomic mass is 16.5. The van der Waals surface area contributed by atoms with E-state index in [-0.39, 0.29) is 17.1 Å². The number of carbonyl (C=O) groups is 2. The third-order valence-electron chi connectivity index (χ3n) is 2.94. The summed E-state index contributed by atoms with van der Waals surface area (Å²) in [4.78, 5) is 23.0. The number of ketones is 1. The Labute approximate surface area is 98.5 Å². The Morgan fingerprint density at radius 2 is 1.88 bits per heavy atom. The molecule has 0 bridgehead atoms. The van der Waals surface area contributed by atoms with Crippen molar-refractivity contribution in [3.05, 3.63) is 47.2 Å². The van der Waals surface area contributed by atoms with Crippen LogP contribution in [0.5, 0.6) is 0 Å². The van der Waals surface area contributed by atoms with Gasteiger partial charge in [0.15, 0.2) is 5.60 Å². The Bertz CT molecular complexity index is 515. The van der Waals surface area contributed by atoms with Gasteiger partial charge in [0, 0.05) is 11.1 Å². The fourth-order valence-corrected chi connectivity index (χ4v) is 1.94. The van der Waals surface area contributed by atoms with Crippen molar-refractivity contribution in [1.82, 2.24) is 0 Å². The highest BCUT2D eigenvalue weighted by Crippen LogP contribution is 2.38. The standard InChI is InChI=1S/C13H12O4/c1-8-10(12(15)16)17-13(2,11(8)14)9-6-4-3-5-7-9/h3-7H,1-2H3,(H,15,16). The molecule has 1 aliphatic heterocycles. The van der Waals surface area contributed by atoms with Crippen molar-refractivity contribution in [2.45, 2.75) is 19.4 Å². The Balaban J connectivity index is 2.46. The molecular weight excluding hydrogens is 220 g/mol. The van der Waals surface area contributed by atoms with Gasteiger partial charge in [-0.15, -0.1) is 0 Å². The van der Waals surface area contributed by atoms with Gasteiger partial charge in [0.25, 0.3) is 0 Å². The molecule has 1 N–H and O–H groups in total. The van der Waals surface area contributed by atoms with Crippen LogP contribution in [0.15, 0.2) is 41.7 Å². The molecular formula is C13H12O4. The van der Waals surface area contributed by atoms with Crippen molar-refractivity contribution in [2.75, 3.05) is 0 Å². The highest BCUT2D eigenvalue weighted by molar-refractivity contribution is 6.09. The SMILES string of the molecule is CC1=C(C(=O)O)OC(C)(c2ccccc2)C1=O. The van der Waals surface area contributed by atoms with E-state index in [9.17, 15) is 9.59 Å². The quantitative estimate of drug-likeness (QED) is 0.845. The number of rotatable bonds is 2. The van der Waals surface area contributed by atoms with Gasteiger partial charge in [-0.1, -0.05) is 30.3 Å². The molecule has 0 radical (unpaired) electrons. The number of hydrogen-bond donors (Lipinski definition) is 1. The predicted octanol–water partition coefficient (Wildman–Crippen LogP) is 1.86. The molecule has 0 fully saturated rings. The summed E-state index contributed by atoms with van der Waals surface area (Å²) >= 11 is 0. The molecule has 1 aromatic carbocycles. The molecule has 0 saturated heterocycles. The van der Waals surface area contributed by atoms with Gasteiger partial charge in [-0.25, -0.2) is 4.79 Å². The maximum atomic E-state index is 12.1. The summed E-state index contributed by atoms with van der Waals surface area (Å²) in [5.41, 5.74) is -0.413. The zero-order chi connectivity index (χ0) is 12.6. The molecule has 1 aliphatic rings. The van der Waals surface area contributed by atoms with E-state index >= 15 is 0 Å². The van der Waals surface area contributed by atoms with Crippen LogP contribution < -0.4 is 0 Å². The highest BCUT2D eigenvalue weighted by Gasteiger charge is 2.47. The third kappa shape index (κ3) is 1.62. The van der Waals surface area contributed by atoms with Crippen molar-refractivity contribution in [3.63, 3.8) is 0 Å². The van der Waals surface area contributed by atoms with Gasteiger partial charge >= 0.3 is 5.97 Å². The van der Waals surface area contributed by atoms with Crippen molar-refractivity contribution in [1.29, 1.82) is 0 Å². The zero-order valence-electron chi connectivity index (χ0n) is 9.56. The van der Waals surface area contributed by atoms with E-state index < -0.39 is 11.6 Å². The first-order chi connectivity index (χ1) is 7.97. The lowest BCUT2D eigenvalue weighted by Crippen LogP contribution is -2.30. The number of carbonyl (C=O) groups excluding carboxylic acids is 1. The number of carboxylic acids is 1. The average Bonchev–Trinajstić information content (AvgIpc) is 2.56. The van der Waals surface area contributed by atoms with Crippen molar-refractivity contribution in [2.24, 2.45) is 0 Å². The summed E-state index contributed by atoms with van der Waals surface area (Å²) in [5.74, 6) is -1.78. The topological polar surface area (TPSA) is 63.6 Å². The Morgan fingerprint density at radius 3 is 2.35 bits per heavy atom. The molecule has 0 saturated carbocycles. The summed E-state index contributed by atoms with van der Waals surface area (Å²) in [5, 5.41) is 8.95. The largest absolute Gasteiger partial charge is 0.475 e. The Kier molecular flexibility index (Phi) is 2.50. The van der Waals surface area contributed by atoms with E-state index in [1.807, 2.05) is 6.07 Å². The van der Waals surface area contributed by atoms with Gasteiger partial charge in [0.05, 0.1) is 0 Å². The van der Waals surface area contributed by atoms with E-state index in [4.69, 9.17) is 9.84 Å². The van der Waals surface area contributed by atoms with Crippen LogP contribution >= 0.6 is 0 Å². The maximum Gasteiger partial charge on any atom is 0.371 e. The number of hydrogen-bond acceptors (Lipinski definition) is 3. The summed E-state index contributed by atoms with van der Waals surface area (Å²) in [7, 11) is 0. The van der Waals surface area contributed by atoms with Crippen LogP contribution in [0, 0.1) is 0 Å². The normalized spacial score (nSPS) is 23.8. The third-order valence-corrected chi connectivity index (χ3v) is 2.94. The van der Waals surface area contributed by atoms with Crippen LogP contribution in [0.2, 0.25) is 0 Å². The molecule has 88 valence electrons. The number of aliphatic carboxylic acids is 1. The van der Waals surface area contributed by atoms with Gasteiger partial charge < -0.3 is 9.84 Å². The molecule has 0 aliphatic carbocycles. The number of ether oxygens (including phenoxy) is 1. The maximum absolute atomic E-state index is 12.1. The predicted molar refractivity (Wildman–Crippen MR) is 60.2 cm³/mol. The second-order valence-corrected chi connectivity index (χ2v) is 4.09. The van der Waals surface area contributed by atoms with E-state index in [1.54, 1.807) is 31.2 Å². The second-order valence-electron chi connectivity index (χ2n) is 4.09. The lowest BCUT2D eigenvalue weighted by molar-refractivity contribution is -0.141. The zero-order valence-corrected chi connectivity index (χ0v) is 9.56. The summed E-state index contributed by atoms with van der Waals surface area (Å²) in [6.07, 6.45) is 0. The van der Waals surface area contributed by atoms with Crippen LogP contribution in [0.3, 0.4) is 0 Å². The van der Waals surface area contributed by atoms with Crippen LogP contribution in [0.1, 0.15) is 19.4 Å².